The molecular weight excluding hydrogens is 198 g/mol. The molecule has 1 aromatic rings. The smallest absolute Gasteiger partial charge is 0.120 e. The first-order valence-electron chi connectivity index (χ1n) is 6.63. The van der Waals surface area contributed by atoms with Crippen LogP contribution in [0, 0.1) is 5.92 Å². The lowest BCUT2D eigenvalue weighted by Gasteiger charge is -2.18. The molecule has 0 bridgehead atoms. The van der Waals surface area contributed by atoms with E-state index in [1.807, 2.05) is 12.1 Å². The molecule has 1 aromatic heterocycles. The highest BCUT2D eigenvalue weighted by molar-refractivity contribution is 5.02. The van der Waals surface area contributed by atoms with Gasteiger partial charge in [-0.2, -0.15) is 0 Å². The number of hydrogen-bond donors (Lipinski definition) is 1. The molecule has 0 radical (unpaired) electrons. The number of hydrogen-bond acceptors (Lipinski definition) is 2. The fourth-order valence-corrected chi connectivity index (χ4v) is 2.55. The van der Waals surface area contributed by atoms with Crippen LogP contribution in [0.25, 0.3) is 0 Å². The first-order chi connectivity index (χ1) is 7.86. The fraction of sp³-hybridized carbons (Fsp3) is 0.714. The molecule has 0 aromatic carbocycles. The molecule has 1 N–H and O–H groups in total. The van der Waals surface area contributed by atoms with Crippen molar-refractivity contribution >= 4 is 0 Å². The van der Waals surface area contributed by atoms with Gasteiger partial charge < -0.3 is 9.73 Å². The van der Waals surface area contributed by atoms with Crippen molar-refractivity contribution in [2.45, 2.75) is 51.5 Å². The van der Waals surface area contributed by atoms with Crippen LogP contribution in [0.4, 0.5) is 0 Å². The van der Waals surface area contributed by atoms with Crippen LogP contribution in [-0.2, 0) is 0 Å². The summed E-state index contributed by atoms with van der Waals surface area (Å²) in [7, 11) is 0. The summed E-state index contributed by atoms with van der Waals surface area (Å²) in [5.74, 6) is 1.92. The minimum absolute atomic E-state index is 0.346. The molecule has 0 saturated heterocycles. The van der Waals surface area contributed by atoms with E-state index < -0.39 is 0 Å². The SMILES string of the molecule is CC(NCC1CCCCCC1)c1ccco1. The van der Waals surface area contributed by atoms with Gasteiger partial charge >= 0.3 is 0 Å². The van der Waals surface area contributed by atoms with Crippen LogP contribution < -0.4 is 5.32 Å². The van der Waals surface area contributed by atoms with Crippen molar-refractivity contribution in [3.05, 3.63) is 24.2 Å². The van der Waals surface area contributed by atoms with Crippen LogP contribution in [0.3, 0.4) is 0 Å². The Balaban J connectivity index is 1.73. The van der Waals surface area contributed by atoms with Crippen molar-refractivity contribution in [2.24, 2.45) is 5.92 Å². The van der Waals surface area contributed by atoms with Gasteiger partial charge in [0.15, 0.2) is 0 Å². The van der Waals surface area contributed by atoms with Crippen molar-refractivity contribution < 1.29 is 4.42 Å². The van der Waals surface area contributed by atoms with Gasteiger partial charge in [0.2, 0.25) is 0 Å². The summed E-state index contributed by atoms with van der Waals surface area (Å²) in [6.07, 6.45) is 10.3. The highest BCUT2D eigenvalue weighted by Gasteiger charge is 2.14. The summed E-state index contributed by atoms with van der Waals surface area (Å²) in [6.45, 7) is 3.32. The van der Waals surface area contributed by atoms with Crippen molar-refractivity contribution in [1.82, 2.24) is 5.32 Å². The van der Waals surface area contributed by atoms with Gasteiger partial charge in [0, 0.05) is 0 Å². The molecule has 1 fully saturated rings. The molecule has 0 aliphatic heterocycles. The minimum atomic E-state index is 0.346. The molecule has 2 nitrogen and oxygen atoms in total. The lowest BCUT2D eigenvalue weighted by molar-refractivity contribution is 0.371. The maximum atomic E-state index is 5.40. The predicted molar refractivity (Wildman–Crippen MR) is 66.3 cm³/mol. The van der Waals surface area contributed by atoms with Gasteiger partial charge in [-0.15, -0.1) is 0 Å². The molecule has 1 aliphatic carbocycles. The normalized spacial score (nSPS) is 20.6. The van der Waals surface area contributed by atoms with Gasteiger partial charge in [0.25, 0.3) is 0 Å². The van der Waals surface area contributed by atoms with E-state index in [1.165, 1.54) is 38.5 Å². The molecule has 90 valence electrons. The molecule has 1 heterocycles. The highest BCUT2D eigenvalue weighted by atomic mass is 16.3. The van der Waals surface area contributed by atoms with Crippen LogP contribution in [0.5, 0.6) is 0 Å². The Morgan fingerprint density at radius 2 is 2.06 bits per heavy atom. The van der Waals surface area contributed by atoms with Crippen molar-refractivity contribution in [2.75, 3.05) is 6.54 Å². The fourth-order valence-electron chi connectivity index (χ4n) is 2.55. The van der Waals surface area contributed by atoms with E-state index in [0.29, 0.717) is 6.04 Å². The predicted octanol–water partition coefficient (Wildman–Crippen LogP) is 3.90. The number of nitrogens with one attached hydrogen (secondary N) is 1. The van der Waals surface area contributed by atoms with E-state index in [0.717, 1.165) is 18.2 Å². The summed E-state index contributed by atoms with van der Waals surface area (Å²) in [4.78, 5) is 0. The summed E-state index contributed by atoms with van der Waals surface area (Å²) in [6, 6.07) is 4.35. The lowest BCUT2D eigenvalue weighted by atomic mass is 10.00. The summed E-state index contributed by atoms with van der Waals surface area (Å²) in [5, 5.41) is 3.59. The van der Waals surface area contributed by atoms with Crippen molar-refractivity contribution in [3.8, 4) is 0 Å². The van der Waals surface area contributed by atoms with Gasteiger partial charge in [0.1, 0.15) is 5.76 Å². The van der Waals surface area contributed by atoms with Crippen LogP contribution >= 0.6 is 0 Å². The minimum Gasteiger partial charge on any atom is -0.468 e. The van der Waals surface area contributed by atoms with E-state index in [-0.39, 0.29) is 0 Å². The van der Waals surface area contributed by atoms with E-state index in [9.17, 15) is 0 Å². The third-order valence-electron chi connectivity index (χ3n) is 3.66. The van der Waals surface area contributed by atoms with E-state index in [1.54, 1.807) is 6.26 Å². The zero-order valence-corrected chi connectivity index (χ0v) is 10.2. The van der Waals surface area contributed by atoms with Gasteiger partial charge in [-0.1, -0.05) is 25.7 Å². The van der Waals surface area contributed by atoms with Gasteiger partial charge in [-0.25, -0.2) is 0 Å². The average molecular weight is 221 g/mol. The largest absolute Gasteiger partial charge is 0.468 e. The standard InChI is InChI=1S/C14H23NO/c1-12(14-9-6-10-16-14)15-11-13-7-4-2-3-5-8-13/h6,9-10,12-13,15H,2-5,7-8,11H2,1H3. The lowest BCUT2D eigenvalue weighted by Crippen LogP contribution is -2.25. The van der Waals surface area contributed by atoms with Crippen LogP contribution in [0.15, 0.2) is 22.8 Å². The van der Waals surface area contributed by atoms with Gasteiger partial charge in [0.05, 0.1) is 12.3 Å². The first kappa shape index (κ1) is 11.7. The maximum absolute atomic E-state index is 5.40. The van der Waals surface area contributed by atoms with Crippen molar-refractivity contribution in [1.29, 1.82) is 0 Å². The Morgan fingerprint density at radius 1 is 1.31 bits per heavy atom. The molecule has 2 heteroatoms. The third-order valence-corrected chi connectivity index (χ3v) is 3.66. The van der Waals surface area contributed by atoms with Gasteiger partial charge in [-0.05, 0) is 44.4 Å². The zero-order valence-electron chi connectivity index (χ0n) is 10.2. The second-order valence-electron chi connectivity index (χ2n) is 5.00. The number of rotatable bonds is 4. The Kier molecular flexibility index (Phi) is 4.46. The van der Waals surface area contributed by atoms with Crippen LogP contribution in [0.2, 0.25) is 0 Å². The summed E-state index contributed by atoms with van der Waals surface area (Å²) in [5.41, 5.74) is 0. The van der Waals surface area contributed by atoms with Crippen LogP contribution in [-0.4, -0.2) is 6.54 Å². The molecule has 1 unspecified atom stereocenters. The molecule has 16 heavy (non-hydrogen) atoms. The molecule has 0 amide bonds. The summed E-state index contributed by atoms with van der Waals surface area (Å²) >= 11 is 0. The monoisotopic (exact) mass is 221 g/mol. The Morgan fingerprint density at radius 3 is 2.69 bits per heavy atom. The topological polar surface area (TPSA) is 25.2 Å². The second kappa shape index (κ2) is 6.09. The molecule has 1 aliphatic rings. The van der Waals surface area contributed by atoms with Crippen LogP contribution in [0.1, 0.15) is 57.3 Å². The van der Waals surface area contributed by atoms with Crippen molar-refractivity contribution in [3.63, 3.8) is 0 Å². The molecule has 2 rings (SSSR count). The third kappa shape index (κ3) is 3.38. The molecular formula is C14H23NO. The van der Waals surface area contributed by atoms with E-state index >= 15 is 0 Å². The quantitative estimate of drug-likeness (QED) is 0.780. The molecule has 0 spiro atoms. The highest BCUT2D eigenvalue weighted by Crippen LogP contribution is 2.23. The van der Waals surface area contributed by atoms with E-state index in [2.05, 4.69) is 12.2 Å². The van der Waals surface area contributed by atoms with Gasteiger partial charge in [-0.3, -0.25) is 0 Å². The maximum Gasteiger partial charge on any atom is 0.120 e. The second-order valence-corrected chi connectivity index (χ2v) is 5.00. The first-order valence-corrected chi connectivity index (χ1v) is 6.63. The Bertz CT molecular complexity index is 273. The zero-order chi connectivity index (χ0) is 11.2. The molecule has 1 saturated carbocycles. The average Bonchev–Trinajstić information content (AvgIpc) is 2.71. The Labute approximate surface area is 98.4 Å². The number of furan rings is 1. The molecule has 1 atom stereocenters. The Hall–Kier alpha value is -0.760. The summed E-state index contributed by atoms with van der Waals surface area (Å²) < 4.78 is 5.40. The van der Waals surface area contributed by atoms with E-state index in [4.69, 9.17) is 4.42 Å².